The molecular weight excluding hydrogens is 430 g/mol. The number of aromatic nitrogens is 2. The molecule has 29 heavy (non-hydrogen) atoms. The highest BCUT2D eigenvalue weighted by Crippen LogP contribution is 2.30. The third kappa shape index (κ3) is 4.09. The van der Waals surface area contributed by atoms with Gasteiger partial charge in [0.15, 0.2) is 5.13 Å². The van der Waals surface area contributed by atoms with Crippen molar-refractivity contribution in [3.63, 3.8) is 0 Å². The summed E-state index contributed by atoms with van der Waals surface area (Å²) >= 11 is 2.71. The van der Waals surface area contributed by atoms with Crippen molar-refractivity contribution in [3.8, 4) is 10.6 Å². The Balaban J connectivity index is 1.47. The second kappa shape index (κ2) is 7.92. The summed E-state index contributed by atoms with van der Waals surface area (Å²) in [5.41, 5.74) is 2.13. The van der Waals surface area contributed by atoms with Crippen LogP contribution in [0.4, 0.5) is 5.13 Å². The monoisotopic (exact) mass is 449 g/mol. The molecule has 152 valence electrons. The summed E-state index contributed by atoms with van der Waals surface area (Å²) < 4.78 is 27.3. The van der Waals surface area contributed by atoms with Gasteiger partial charge in [-0.3, -0.25) is 10.1 Å². The Morgan fingerprint density at radius 1 is 1.21 bits per heavy atom. The number of carbonyl (C=O) groups excluding carboxylic acids is 1. The molecule has 11 heteroatoms. The number of benzene rings is 1. The maximum Gasteiger partial charge on any atom is 0.281 e. The number of fused-ring (bicyclic) bond motifs is 1. The molecule has 1 aliphatic heterocycles. The fraction of sp³-hybridized carbons (Fsp3) is 0.278. The minimum Gasteiger partial charge on any atom is -0.296 e. The second-order valence-corrected chi connectivity index (χ2v) is 10.7. The Bertz CT molecular complexity index is 1140. The van der Waals surface area contributed by atoms with Gasteiger partial charge in [0, 0.05) is 42.9 Å². The molecule has 2 aromatic heterocycles. The number of amides is 1. The van der Waals surface area contributed by atoms with E-state index in [1.807, 2.05) is 30.3 Å². The van der Waals surface area contributed by atoms with Gasteiger partial charge < -0.3 is 0 Å². The zero-order valence-corrected chi connectivity index (χ0v) is 18.3. The summed E-state index contributed by atoms with van der Waals surface area (Å²) in [4.78, 5) is 22.3. The molecule has 1 aromatic carbocycles. The van der Waals surface area contributed by atoms with E-state index in [0.29, 0.717) is 23.8 Å². The van der Waals surface area contributed by atoms with E-state index >= 15 is 0 Å². The van der Waals surface area contributed by atoms with Gasteiger partial charge in [0.05, 0.1) is 12.2 Å². The molecule has 1 amide bonds. The van der Waals surface area contributed by atoms with Gasteiger partial charge in [-0.15, -0.1) is 22.7 Å². The number of nitrogens with one attached hydrogen (secondary N) is 1. The predicted octanol–water partition coefficient (Wildman–Crippen LogP) is 2.68. The molecule has 0 radical (unpaired) electrons. The van der Waals surface area contributed by atoms with Gasteiger partial charge in [0.2, 0.25) is 0 Å². The summed E-state index contributed by atoms with van der Waals surface area (Å²) in [5.74, 6) is -0.327. The van der Waals surface area contributed by atoms with Gasteiger partial charge in [0.25, 0.3) is 16.1 Å². The van der Waals surface area contributed by atoms with Crippen LogP contribution in [0.2, 0.25) is 0 Å². The number of rotatable bonds is 5. The Hall–Kier alpha value is -2.18. The molecule has 0 saturated heterocycles. The summed E-state index contributed by atoms with van der Waals surface area (Å²) in [6.45, 7) is 0.634. The van der Waals surface area contributed by atoms with Crippen molar-refractivity contribution >= 4 is 43.9 Å². The smallest absolute Gasteiger partial charge is 0.281 e. The molecule has 0 saturated carbocycles. The third-order valence-electron chi connectivity index (χ3n) is 4.46. The van der Waals surface area contributed by atoms with Gasteiger partial charge in [-0.2, -0.15) is 17.0 Å². The van der Waals surface area contributed by atoms with Crippen LogP contribution in [-0.2, 0) is 23.2 Å². The summed E-state index contributed by atoms with van der Waals surface area (Å²) in [6, 6.07) is 9.68. The van der Waals surface area contributed by atoms with Crippen molar-refractivity contribution in [3.05, 3.63) is 52.0 Å². The number of hydrogen-bond acceptors (Lipinski definition) is 7. The number of carbonyl (C=O) groups is 1. The predicted molar refractivity (Wildman–Crippen MR) is 114 cm³/mol. The minimum absolute atomic E-state index is 0.262. The molecule has 1 N–H and O–H groups in total. The SMILES string of the molecule is CN(C)S(=O)(=O)N1CCc2nc(NC(=O)c3csc(-c4ccccc4)n3)sc2C1. The van der Waals surface area contributed by atoms with Gasteiger partial charge >= 0.3 is 0 Å². The van der Waals surface area contributed by atoms with Crippen LogP contribution >= 0.6 is 22.7 Å². The zero-order valence-electron chi connectivity index (χ0n) is 15.8. The number of anilines is 1. The van der Waals surface area contributed by atoms with E-state index in [9.17, 15) is 13.2 Å². The fourth-order valence-corrected chi connectivity index (χ4v) is 5.89. The molecule has 3 aromatic rings. The van der Waals surface area contributed by atoms with Gasteiger partial charge in [0.1, 0.15) is 10.7 Å². The van der Waals surface area contributed by atoms with Crippen LogP contribution in [-0.4, -0.2) is 53.5 Å². The van der Waals surface area contributed by atoms with Crippen molar-refractivity contribution in [2.45, 2.75) is 13.0 Å². The third-order valence-corrected chi connectivity index (χ3v) is 8.24. The van der Waals surface area contributed by atoms with Crippen LogP contribution in [0.15, 0.2) is 35.7 Å². The lowest BCUT2D eigenvalue weighted by Crippen LogP contribution is -2.42. The summed E-state index contributed by atoms with van der Waals surface area (Å²) in [6.07, 6.45) is 0.517. The Kier molecular flexibility index (Phi) is 5.49. The average Bonchev–Trinajstić information content (AvgIpc) is 3.34. The van der Waals surface area contributed by atoms with E-state index in [1.54, 1.807) is 5.38 Å². The number of thiazole rings is 2. The normalized spacial score (nSPS) is 14.7. The van der Waals surface area contributed by atoms with E-state index in [4.69, 9.17) is 0 Å². The highest BCUT2D eigenvalue weighted by molar-refractivity contribution is 7.86. The lowest BCUT2D eigenvalue weighted by molar-refractivity contribution is 0.102. The van der Waals surface area contributed by atoms with Crippen molar-refractivity contribution in [1.29, 1.82) is 0 Å². The fourth-order valence-electron chi connectivity index (χ4n) is 2.91. The van der Waals surface area contributed by atoms with Crippen LogP contribution in [0.5, 0.6) is 0 Å². The topological polar surface area (TPSA) is 95.5 Å². The molecule has 4 rings (SSSR count). The molecule has 0 aliphatic carbocycles. The van der Waals surface area contributed by atoms with E-state index in [2.05, 4.69) is 15.3 Å². The quantitative estimate of drug-likeness (QED) is 0.646. The maximum atomic E-state index is 12.6. The van der Waals surface area contributed by atoms with Gasteiger partial charge in [-0.25, -0.2) is 9.97 Å². The van der Waals surface area contributed by atoms with E-state index < -0.39 is 10.2 Å². The zero-order chi connectivity index (χ0) is 20.6. The van der Waals surface area contributed by atoms with E-state index in [1.165, 1.54) is 45.4 Å². The Morgan fingerprint density at radius 3 is 2.69 bits per heavy atom. The highest BCUT2D eigenvalue weighted by atomic mass is 32.2. The molecule has 0 atom stereocenters. The van der Waals surface area contributed by atoms with E-state index in [0.717, 1.165) is 21.1 Å². The van der Waals surface area contributed by atoms with Crippen LogP contribution in [0.25, 0.3) is 10.6 Å². The molecule has 0 unspecified atom stereocenters. The molecule has 3 heterocycles. The number of hydrogen-bond donors (Lipinski definition) is 1. The molecule has 0 fully saturated rings. The molecular formula is C18H19N5O3S3. The van der Waals surface area contributed by atoms with E-state index in [-0.39, 0.29) is 12.5 Å². The molecule has 1 aliphatic rings. The summed E-state index contributed by atoms with van der Waals surface area (Å²) in [5, 5.41) is 5.74. The van der Waals surface area contributed by atoms with Crippen molar-refractivity contribution in [2.75, 3.05) is 26.0 Å². The first-order chi connectivity index (χ1) is 13.8. The lowest BCUT2D eigenvalue weighted by Gasteiger charge is -2.27. The van der Waals surface area contributed by atoms with Crippen molar-refractivity contribution < 1.29 is 13.2 Å². The first-order valence-electron chi connectivity index (χ1n) is 8.83. The molecule has 8 nitrogen and oxygen atoms in total. The van der Waals surface area contributed by atoms with Crippen LogP contribution in [0, 0.1) is 0 Å². The molecule has 0 bridgehead atoms. The Labute approximate surface area is 177 Å². The average molecular weight is 450 g/mol. The van der Waals surface area contributed by atoms with Crippen LogP contribution in [0.1, 0.15) is 21.1 Å². The minimum atomic E-state index is -3.47. The first kappa shape index (κ1) is 20.1. The second-order valence-electron chi connectivity index (χ2n) is 6.62. The standard InChI is InChI=1S/C18H19N5O3S3/c1-22(2)29(25,26)23-9-8-13-15(10-23)28-18(20-13)21-16(24)14-11-27-17(19-14)12-6-4-3-5-7-12/h3-7,11H,8-10H2,1-2H3,(H,20,21,24). The first-order valence-corrected chi connectivity index (χ1v) is 11.9. The summed E-state index contributed by atoms with van der Waals surface area (Å²) in [7, 11) is -0.444. The van der Waals surface area contributed by atoms with Gasteiger partial charge in [-0.1, -0.05) is 30.3 Å². The molecule has 0 spiro atoms. The van der Waals surface area contributed by atoms with Gasteiger partial charge in [-0.05, 0) is 0 Å². The largest absolute Gasteiger partial charge is 0.296 e. The number of nitrogens with zero attached hydrogens (tertiary/aromatic N) is 4. The highest BCUT2D eigenvalue weighted by Gasteiger charge is 2.30. The van der Waals surface area contributed by atoms with Crippen LogP contribution < -0.4 is 5.32 Å². The van der Waals surface area contributed by atoms with Crippen molar-refractivity contribution in [2.24, 2.45) is 0 Å². The van der Waals surface area contributed by atoms with Crippen LogP contribution in [0.3, 0.4) is 0 Å². The van der Waals surface area contributed by atoms with Crippen molar-refractivity contribution in [1.82, 2.24) is 18.6 Å². The Morgan fingerprint density at radius 2 is 1.97 bits per heavy atom. The maximum absolute atomic E-state index is 12.6. The lowest BCUT2D eigenvalue weighted by atomic mass is 10.2.